The molecule has 5 nitrogen and oxygen atoms in total. The number of halogens is 1. The summed E-state index contributed by atoms with van der Waals surface area (Å²) >= 11 is 5.85. The van der Waals surface area contributed by atoms with Crippen molar-refractivity contribution in [3.05, 3.63) is 64.7 Å². The van der Waals surface area contributed by atoms with Crippen molar-refractivity contribution >= 4 is 23.5 Å². The van der Waals surface area contributed by atoms with Crippen LogP contribution in [0.1, 0.15) is 22.8 Å². The fourth-order valence-corrected chi connectivity index (χ4v) is 2.10. The number of hydrogen-bond acceptors (Lipinski definition) is 4. The molecule has 0 fully saturated rings. The third-order valence-corrected chi connectivity index (χ3v) is 3.35. The lowest BCUT2D eigenvalue weighted by molar-refractivity contribution is -0.119. The Labute approximate surface area is 145 Å². The maximum absolute atomic E-state index is 11.9. The molecule has 24 heavy (non-hydrogen) atoms. The summed E-state index contributed by atoms with van der Waals surface area (Å²) in [4.78, 5) is 22.8. The molecule has 0 unspecified atom stereocenters. The molecular formula is C18H18ClNO4. The van der Waals surface area contributed by atoms with E-state index < -0.39 is 5.97 Å². The third-order valence-electron chi connectivity index (χ3n) is 3.11. The first kappa shape index (κ1) is 17.8. The molecule has 0 radical (unpaired) electrons. The Kier molecular flexibility index (Phi) is 6.63. The number of amides is 1. The van der Waals surface area contributed by atoms with E-state index >= 15 is 0 Å². The van der Waals surface area contributed by atoms with E-state index in [4.69, 9.17) is 21.1 Å². The van der Waals surface area contributed by atoms with Crippen molar-refractivity contribution in [2.24, 2.45) is 0 Å². The summed E-state index contributed by atoms with van der Waals surface area (Å²) in [5, 5.41) is 3.28. The predicted molar refractivity (Wildman–Crippen MR) is 91.2 cm³/mol. The molecule has 2 rings (SSSR count). The van der Waals surface area contributed by atoms with Crippen LogP contribution >= 0.6 is 11.6 Å². The highest BCUT2D eigenvalue weighted by Gasteiger charge is 2.07. The van der Waals surface area contributed by atoms with Gasteiger partial charge in [0.2, 0.25) is 5.91 Å². The van der Waals surface area contributed by atoms with Gasteiger partial charge in [0.05, 0.1) is 5.56 Å². The van der Waals surface area contributed by atoms with E-state index in [9.17, 15) is 9.59 Å². The minimum Gasteiger partial charge on any atom is -0.490 e. The van der Waals surface area contributed by atoms with Gasteiger partial charge in [-0.25, -0.2) is 4.79 Å². The molecule has 0 atom stereocenters. The van der Waals surface area contributed by atoms with Crippen LogP contribution in [0.2, 0.25) is 5.02 Å². The highest BCUT2D eigenvalue weighted by atomic mass is 35.5. The number of carbonyl (C=O) groups is 2. The Hall–Kier alpha value is -2.53. The van der Waals surface area contributed by atoms with Crippen LogP contribution in [0.15, 0.2) is 48.5 Å². The SMILES string of the molecule is CC(=O)NCc1ccc(C(=O)OCCOc2cccc(Cl)c2)cc1. The monoisotopic (exact) mass is 347 g/mol. The van der Waals surface area contributed by atoms with Crippen molar-refractivity contribution < 1.29 is 19.1 Å². The number of ether oxygens (including phenoxy) is 2. The minimum absolute atomic E-state index is 0.0989. The van der Waals surface area contributed by atoms with Crippen LogP contribution in [-0.2, 0) is 16.1 Å². The van der Waals surface area contributed by atoms with E-state index in [1.165, 1.54) is 6.92 Å². The van der Waals surface area contributed by atoms with Gasteiger partial charge in [-0.3, -0.25) is 4.79 Å². The Morgan fingerprint density at radius 2 is 1.83 bits per heavy atom. The van der Waals surface area contributed by atoms with Crippen molar-refractivity contribution in [2.45, 2.75) is 13.5 Å². The largest absolute Gasteiger partial charge is 0.490 e. The maximum Gasteiger partial charge on any atom is 0.338 e. The van der Waals surface area contributed by atoms with Gasteiger partial charge in [0.25, 0.3) is 0 Å². The van der Waals surface area contributed by atoms with Crippen molar-refractivity contribution in [3.63, 3.8) is 0 Å². The van der Waals surface area contributed by atoms with E-state index in [1.54, 1.807) is 48.5 Å². The lowest BCUT2D eigenvalue weighted by Gasteiger charge is -2.08. The number of benzene rings is 2. The van der Waals surface area contributed by atoms with Gasteiger partial charge < -0.3 is 14.8 Å². The highest BCUT2D eigenvalue weighted by molar-refractivity contribution is 6.30. The van der Waals surface area contributed by atoms with E-state index in [0.29, 0.717) is 22.9 Å². The molecule has 0 aliphatic rings. The standard InChI is InChI=1S/C18H18ClNO4/c1-13(21)20-12-14-5-7-15(8-6-14)18(22)24-10-9-23-17-4-2-3-16(19)11-17/h2-8,11H,9-10,12H2,1H3,(H,20,21). The Morgan fingerprint density at radius 3 is 2.50 bits per heavy atom. The first-order valence-electron chi connectivity index (χ1n) is 7.43. The third kappa shape index (κ3) is 5.93. The molecule has 0 aliphatic carbocycles. The van der Waals surface area contributed by atoms with Crippen LogP contribution in [0.25, 0.3) is 0 Å². The Bertz CT molecular complexity index is 700. The van der Waals surface area contributed by atoms with Gasteiger partial charge >= 0.3 is 5.97 Å². The maximum atomic E-state index is 11.9. The van der Waals surface area contributed by atoms with Crippen LogP contribution in [-0.4, -0.2) is 25.1 Å². The number of rotatable bonds is 7. The zero-order chi connectivity index (χ0) is 17.4. The van der Waals surface area contributed by atoms with Gasteiger partial charge in [-0.2, -0.15) is 0 Å². The predicted octanol–water partition coefficient (Wildman–Crippen LogP) is 3.21. The lowest BCUT2D eigenvalue weighted by atomic mass is 10.1. The smallest absolute Gasteiger partial charge is 0.338 e. The first-order valence-corrected chi connectivity index (χ1v) is 7.81. The number of nitrogens with one attached hydrogen (secondary N) is 1. The average molecular weight is 348 g/mol. The Balaban J connectivity index is 1.75. The molecule has 0 aliphatic heterocycles. The van der Waals surface area contributed by atoms with E-state index in [-0.39, 0.29) is 19.1 Å². The van der Waals surface area contributed by atoms with Crippen LogP contribution in [0.3, 0.4) is 0 Å². The quantitative estimate of drug-likeness (QED) is 0.617. The number of carbonyl (C=O) groups excluding carboxylic acids is 2. The van der Waals surface area contributed by atoms with Gasteiger partial charge in [0.1, 0.15) is 19.0 Å². The second-order valence-electron chi connectivity index (χ2n) is 5.05. The molecule has 2 aromatic rings. The van der Waals surface area contributed by atoms with Crippen LogP contribution < -0.4 is 10.1 Å². The molecule has 0 bridgehead atoms. The van der Waals surface area contributed by atoms with Crippen molar-refractivity contribution in [1.82, 2.24) is 5.32 Å². The van der Waals surface area contributed by atoms with Gasteiger partial charge in [-0.05, 0) is 35.9 Å². The fraction of sp³-hybridized carbons (Fsp3) is 0.222. The molecule has 0 saturated carbocycles. The zero-order valence-corrected chi connectivity index (χ0v) is 14.0. The molecule has 0 heterocycles. The van der Waals surface area contributed by atoms with E-state index in [2.05, 4.69) is 5.32 Å². The van der Waals surface area contributed by atoms with E-state index in [1.807, 2.05) is 0 Å². The molecule has 1 amide bonds. The second kappa shape index (κ2) is 8.93. The van der Waals surface area contributed by atoms with Gasteiger partial charge in [0.15, 0.2) is 0 Å². The van der Waals surface area contributed by atoms with Gasteiger partial charge in [-0.15, -0.1) is 0 Å². The normalized spacial score (nSPS) is 10.1. The zero-order valence-electron chi connectivity index (χ0n) is 13.3. The molecule has 126 valence electrons. The molecule has 1 N–H and O–H groups in total. The fourth-order valence-electron chi connectivity index (χ4n) is 1.92. The summed E-state index contributed by atoms with van der Waals surface area (Å²) in [6.07, 6.45) is 0. The van der Waals surface area contributed by atoms with Crippen molar-refractivity contribution in [1.29, 1.82) is 0 Å². The lowest BCUT2D eigenvalue weighted by Crippen LogP contribution is -2.19. The summed E-state index contributed by atoms with van der Waals surface area (Å²) < 4.78 is 10.6. The number of hydrogen-bond donors (Lipinski definition) is 1. The number of esters is 1. The molecule has 2 aromatic carbocycles. The summed E-state index contributed by atoms with van der Waals surface area (Å²) in [6.45, 7) is 2.26. The topological polar surface area (TPSA) is 64.6 Å². The Morgan fingerprint density at radius 1 is 1.08 bits per heavy atom. The van der Waals surface area contributed by atoms with Crippen molar-refractivity contribution in [3.8, 4) is 5.75 Å². The van der Waals surface area contributed by atoms with Crippen LogP contribution in [0.4, 0.5) is 0 Å². The summed E-state index contributed by atoms with van der Waals surface area (Å²) in [7, 11) is 0. The molecule has 0 aromatic heterocycles. The van der Waals surface area contributed by atoms with Gasteiger partial charge in [-0.1, -0.05) is 29.8 Å². The first-order chi connectivity index (χ1) is 11.5. The molecule has 6 heteroatoms. The molecule has 0 spiro atoms. The second-order valence-corrected chi connectivity index (χ2v) is 5.48. The molecular weight excluding hydrogens is 330 g/mol. The minimum atomic E-state index is -0.421. The van der Waals surface area contributed by atoms with Crippen LogP contribution in [0, 0.1) is 0 Å². The van der Waals surface area contributed by atoms with Gasteiger partial charge in [0, 0.05) is 18.5 Å². The summed E-state index contributed by atoms with van der Waals surface area (Å²) in [5.74, 6) is 0.106. The summed E-state index contributed by atoms with van der Waals surface area (Å²) in [5.41, 5.74) is 1.36. The summed E-state index contributed by atoms with van der Waals surface area (Å²) in [6, 6.07) is 13.9. The average Bonchev–Trinajstić information content (AvgIpc) is 2.57. The van der Waals surface area contributed by atoms with E-state index in [0.717, 1.165) is 5.56 Å². The molecule has 0 saturated heterocycles. The van der Waals surface area contributed by atoms with Crippen LogP contribution in [0.5, 0.6) is 5.75 Å². The highest BCUT2D eigenvalue weighted by Crippen LogP contribution is 2.16. The van der Waals surface area contributed by atoms with Crippen molar-refractivity contribution in [2.75, 3.05) is 13.2 Å².